The van der Waals surface area contributed by atoms with Crippen LogP contribution in [0.3, 0.4) is 0 Å². The molecular weight excluding hydrogens is 222 g/mol. The van der Waals surface area contributed by atoms with Crippen molar-refractivity contribution >= 4 is 5.97 Å². The average Bonchev–Trinajstić information content (AvgIpc) is 2.30. The van der Waals surface area contributed by atoms with E-state index in [1.165, 1.54) is 12.1 Å². The van der Waals surface area contributed by atoms with E-state index in [9.17, 15) is 15.0 Å². The number of phenols is 1. The molecule has 0 bridgehead atoms. The molecule has 0 saturated carbocycles. The molecule has 1 aromatic carbocycles. The number of aromatic hydroxyl groups is 1. The van der Waals surface area contributed by atoms with E-state index in [-0.39, 0.29) is 18.3 Å². The fraction of sp³-hybridized carbons (Fsp3) is 0.417. The van der Waals surface area contributed by atoms with Gasteiger partial charge in [0.1, 0.15) is 11.8 Å². The van der Waals surface area contributed by atoms with Gasteiger partial charge in [-0.25, -0.2) is 4.79 Å². The molecule has 0 aromatic heterocycles. The van der Waals surface area contributed by atoms with Crippen LogP contribution in [0, 0.1) is 0 Å². The first-order valence-corrected chi connectivity index (χ1v) is 5.54. The molecule has 2 unspecified atom stereocenters. The van der Waals surface area contributed by atoms with E-state index >= 15 is 0 Å². The van der Waals surface area contributed by atoms with Crippen LogP contribution in [-0.2, 0) is 9.53 Å². The van der Waals surface area contributed by atoms with E-state index in [1.54, 1.807) is 13.0 Å². The lowest BCUT2D eigenvalue weighted by atomic mass is 9.92. The maximum atomic E-state index is 11.7. The molecule has 92 valence electrons. The maximum Gasteiger partial charge on any atom is 0.327 e. The molecule has 1 aliphatic heterocycles. The summed E-state index contributed by atoms with van der Waals surface area (Å²) in [5.74, 6) is -0.293. The highest BCUT2D eigenvalue weighted by molar-refractivity contribution is 5.78. The second-order valence-corrected chi connectivity index (χ2v) is 3.92. The number of fused-ring (bicyclic) bond motifs is 1. The Morgan fingerprint density at radius 2 is 2.29 bits per heavy atom. The molecule has 2 rings (SSSR count). The molecule has 3 N–H and O–H groups in total. The predicted octanol–water partition coefficient (Wildman–Crippen LogP) is 0.633. The molecule has 0 amide bonds. The molecule has 5 heteroatoms. The Labute approximate surface area is 99.0 Å². The van der Waals surface area contributed by atoms with Crippen molar-refractivity contribution in [2.75, 3.05) is 13.2 Å². The number of esters is 1. The van der Waals surface area contributed by atoms with Crippen molar-refractivity contribution in [3.8, 4) is 5.75 Å². The van der Waals surface area contributed by atoms with Crippen molar-refractivity contribution in [3.05, 3.63) is 29.3 Å². The number of aliphatic hydroxyl groups excluding tert-OH is 1. The second-order valence-electron chi connectivity index (χ2n) is 3.92. The highest BCUT2D eigenvalue weighted by Gasteiger charge is 2.31. The second kappa shape index (κ2) is 4.73. The first-order valence-electron chi connectivity index (χ1n) is 5.54. The third-order valence-electron chi connectivity index (χ3n) is 2.78. The molecule has 0 aliphatic carbocycles. The van der Waals surface area contributed by atoms with Crippen molar-refractivity contribution in [1.82, 2.24) is 5.32 Å². The summed E-state index contributed by atoms with van der Waals surface area (Å²) < 4.78 is 4.96. The fourth-order valence-electron chi connectivity index (χ4n) is 2.00. The standard InChI is InChI=1S/C12H15NO4/c1-2-17-12(16)11-8-4-3-7(14)5-9(8)10(15)6-13-11/h3-5,10-11,13-15H,2,6H2,1H3. The predicted molar refractivity (Wildman–Crippen MR) is 60.4 cm³/mol. The summed E-state index contributed by atoms with van der Waals surface area (Å²) in [6.45, 7) is 2.32. The van der Waals surface area contributed by atoms with E-state index < -0.39 is 12.1 Å². The normalized spacial score (nSPS) is 22.9. The zero-order valence-electron chi connectivity index (χ0n) is 9.51. The van der Waals surface area contributed by atoms with Crippen LogP contribution in [-0.4, -0.2) is 29.3 Å². The summed E-state index contributed by atoms with van der Waals surface area (Å²) in [6.07, 6.45) is -0.720. The number of rotatable bonds is 2. The average molecular weight is 237 g/mol. The molecular formula is C12H15NO4. The van der Waals surface area contributed by atoms with Crippen molar-refractivity contribution in [3.63, 3.8) is 0 Å². The van der Waals surface area contributed by atoms with E-state index in [4.69, 9.17) is 4.74 Å². The van der Waals surface area contributed by atoms with Gasteiger partial charge in [0.2, 0.25) is 0 Å². The van der Waals surface area contributed by atoms with Gasteiger partial charge in [-0.1, -0.05) is 6.07 Å². The van der Waals surface area contributed by atoms with Crippen LogP contribution in [0.25, 0.3) is 0 Å². The van der Waals surface area contributed by atoms with Crippen molar-refractivity contribution in [2.45, 2.75) is 19.1 Å². The van der Waals surface area contributed by atoms with Gasteiger partial charge in [-0.15, -0.1) is 0 Å². The molecule has 5 nitrogen and oxygen atoms in total. The molecule has 1 aromatic rings. The van der Waals surface area contributed by atoms with Crippen LogP contribution in [0.1, 0.15) is 30.2 Å². The number of carbonyl (C=O) groups is 1. The lowest BCUT2D eigenvalue weighted by Crippen LogP contribution is -2.38. The summed E-state index contributed by atoms with van der Waals surface area (Å²) in [4.78, 5) is 11.7. The van der Waals surface area contributed by atoms with Gasteiger partial charge in [0.05, 0.1) is 12.7 Å². The number of phenolic OH excluding ortho intramolecular Hbond substituents is 1. The number of hydrogen-bond acceptors (Lipinski definition) is 5. The Morgan fingerprint density at radius 1 is 1.53 bits per heavy atom. The number of aliphatic hydroxyl groups is 1. The Kier molecular flexibility index (Phi) is 3.31. The molecule has 2 atom stereocenters. The number of carbonyl (C=O) groups excluding carboxylic acids is 1. The van der Waals surface area contributed by atoms with Crippen LogP contribution in [0.2, 0.25) is 0 Å². The highest BCUT2D eigenvalue weighted by Crippen LogP contribution is 2.31. The number of ether oxygens (including phenoxy) is 1. The van der Waals surface area contributed by atoms with Gasteiger partial charge in [-0.2, -0.15) is 0 Å². The molecule has 17 heavy (non-hydrogen) atoms. The first kappa shape index (κ1) is 11.9. The van der Waals surface area contributed by atoms with Crippen LogP contribution in [0.15, 0.2) is 18.2 Å². The molecule has 0 radical (unpaired) electrons. The summed E-state index contributed by atoms with van der Waals surface area (Å²) >= 11 is 0. The third-order valence-corrected chi connectivity index (χ3v) is 2.78. The SMILES string of the molecule is CCOC(=O)C1NCC(O)c2cc(O)ccc21. The minimum absolute atomic E-state index is 0.0762. The zero-order chi connectivity index (χ0) is 12.4. The van der Waals surface area contributed by atoms with E-state index in [0.29, 0.717) is 17.7 Å². The van der Waals surface area contributed by atoms with Gasteiger partial charge in [-0.3, -0.25) is 5.32 Å². The number of benzene rings is 1. The largest absolute Gasteiger partial charge is 0.508 e. The quantitative estimate of drug-likeness (QED) is 0.658. The lowest BCUT2D eigenvalue weighted by molar-refractivity contribution is -0.146. The zero-order valence-corrected chi connectivity index (χ0v) is 9.51. The number of β-amino-alcohol motifs (C(OH)–C–C–N with tert-alkyl or cyclic N) is 1. The fourth-order valence-corrected chi connectivity index (χ4v) is 2.00. The third kappa shape index (κ3) is 2.25. The van der Waals surface area contributed by atoms with Crippen LogP contribution in [0.5, 0.6) is 5.75 Å². The maximum absolute atomic E-state index is 11.7. The van der Waals surface area contributed by atoms with Crippen LogP contribution in [0.4, 0.5) is 0 Å². The van der Waals surface area contributed by atoms with Crippen LogP contribution >= 0.6 is 0 Å². The van der Waals surface area contributed by atoms with Crippen molar-refractivity contribution < 1.29 is 19.7 Å². The molecule has 0 saturated heterocycles. The Bertz CT molecular complexity index is 433. The number of nitrogens with one attached hydrogen (secondary N) is 1. The monoisotopic (exact) mass is 237 g/mol. The van der Waals surface area contributed by atoms with Gasteiger partial charge in [-0.05, 0) is 30.2 Å². The van der Waals surface area contributed by atoms with E-state index in [2.05, 4.69) is 5.32 Å². The Hall–Kier alpha value is -1.59. The lowest BCUT2D eigenvalue weighted by Gasteiger charge is -2.28. The smallest absolute Gasteiger partial charge is 0.327 e. The van der Waals surface area contributed by atoms with Gasteiger partial charge in [0, 0.05) is 6.54 Å². The summed E-state index contributed by atoms with van der Waals surface area (Å²) in [5, 5.41) is 22.1. The van der Waals surface area contributed by atoms with Crippen LogP contribution < -0.4 is 5.32 Å². The highest BCUT2D eigenvalue weighted by atomic mass is 16.5. The first-order chi connectivity index (χ1) is 8.13. The van der Waals surface area contributed by atoms with Gasteiger partial charge < -0.3 is 14.9 Å². The Balaban J connectivity index is 2.35. The number of hydrogen-bond donors (Lipinski definition) is 3. The molecule has 1 heterocycles. The molecule has 0 spiro atoms. The topological polar surface area (TPSA) is 78.8 Å². The minimum Gasteiger partial charge on any atom is -0.508 e. The van der Waals surface area contributed by atoms with Crippen molar-refractivity contribution in [2.24, 2.45) is 0 Å². The van der Waals surface area contributed by atoms with Gasteiger partial charge >= 0.3 is 5.97 Å². The van der Waals surface area contributed by atoms with E-state index in [0.717, 1.165) is 0 Å². The summed E-state index contributed by atoms with van der Waals surface area (Å²) in [7, 11) is 0. The molecule has 0 fully saturated rings. The van der Waals surface area contributed by atoms with Gasteiger partial charge in [0.15, 0.2) is 0 Å². The van der Waals surface area contributed by atoms with Gasteiger partial charge in [0.25, 0.3) is 0 Å². The Morgan fingerprint density at radius 3 is 3.00 bits per heavy atom. The molecule has 1 aliphatic rings. The summed E-state index contributed by atoms with van der Waals surface area (Å²) in [6, 6.07) is 4.02. The summed E-state index contributed by atoms with van der Waals surface area (Å²) in [5.41, 5.74) is 1.22. The van der Waals surface area contributed by atoms with Crippen molar-refractivity contribution in [1.29, 1.82) is 0 Å². The van der Waals surface area contributed by atoms with E-state index in [1.807, 2.05) is 0 Å². The minimum atomic E-state index is -0.720.